The van der Waals surface area contributed by atoms with Gasteiger partial charge in [0.15, 0.2) is 0 Å². The first-order valence-electron chi connectivity index (χ1n) is 43.7. The Morgan fingerprint density at radius 1 is 0.466 bits per heavy atom. The fourth-order valence-corrected chi connectivity index (χ4v) is 22.6. The number of carbonyl (C=O) groups is 2. The number of pyridine rings is 2. The fourth-order valence-electron chi connectivity index (χ4n) is 17.4. The Kier molecular flexibility index (Phi) is 30.7. The highest BCUT2D eigenvalue weighted by Crippen LogP contribution is 2.53. The van der Waals surface area contributed by atoms with Gasteiger partial charge in [-0.1, -0.05) is 207 Å². The van der Waals surface area contributed by atoms with E-state index in [1.807, 2.05) is 26.0 Å². The van der Waals surface area contributed by atoms with Crippen LogP contribution in [0, 0.1) is 11.8 Å². The molecule has 688 valence electrons. The van der Waals surface area contributed by atoms with E-state index in [0.29, 0.717) is 83.8 Å². The lowest BCUT2D eigenvalue weighted by atomic mass is 9.76. The molecule has 0 spiro atoms. The number of tetrazole rings is 2. The van der Waals surface area contributed by atoms with Crippen molar-refractivity contribution in [2.75, 3.05) is 63.8 Å². The molecule has 0 unspecified atom stereocenters. The molecule has 2 saturated carbocycles. The molecule has 2 saturated heterocycles. The first-order chi connectivity index (χ1) is 62.7. The minimum absolute atomic E-state index is 0.0112. The normalized spacial score (nSPS) is 15.1. The van der Waals surface area contributed by atoms with Crippen LogP contribution in [0.2, 0.25) is 0 Å². The van der Waals surface area contributed by atoms with Gasteiger partial charge in [-0.3, -0.25) is 9.59 Å². The number of anilines is 5. The van der Waals surface area contributed by atoms with E-state index >= 15 is 0 Å². The van der Waals surface area contributed by atoms with E-state index in [0.717, 1.165) is 105 Å². The van der Waals surface area contributed by atoms with Crippen molar-refractivity contribution in [3.8, 4) is 11.5 Å². The number of carbonyl (C=O) groups excluding carboxylic acids is 2. The molecule has 19 nitrogen and oxygen atoms in total. The Labute approximate surface area is 764 Å². The van der Waals surface area contributed by atoms with E-state index in [-0.39, 0.29) is 78.6 Å². The molecule has 0 atom stereocenters. The third-order valence-electron chi connectivity index (χ3n) is 23.8. The van der Waals surface area contributed by atoms with E-state index in [1.54, 1.807) is 17.3 Å². The maximum Gasteiger partial charge on any atom is 0.416 e. The van der Waals surface area contributed by atoms with Gasteiger partial charge in [-0.15, -0.1) is 10.2 Å². The average Bonchev–Trinajstić information content (AvgIpc) is 1.33. The predicted molar refractivity (Wildman–Crippen MR) is 492 cm³/mol. The maximum absolute atomic E-state index is 13.7. The number of alkyl halides is 12. The summed E-state index contributed by atoms with van der Waals surface area (Å²) >= 11 is 3.44. The largest absolute Gasteiger partial charge is 0.455 e. The van der Waals surface area contributed by atoms with Gasteiger partial charge >= 0.3 is 24.7 Å². The number of rotatable bonds is 25. The Bertz CT molecular complexity index is 5580. The smallest absolute Gasteiger partial charge is 0.416 e. The monoisotopic (exact) mass is 1910 g/mol. The summed E-state index contributed by atoms with van der Waals surface area (Å²) in [4.78, 5) is 43.3. The van der Waals surface area contributed by atoms with E-state index in [1.165, 1.54) is 84.5 Å². The van der Waals surface area contributed by atoms with Crippen LogP contribution < -0.4 is 66.4 Å². The van der Waals surface area contributed by atoms with Crippen LogP contribution in [0.5, 0.6) is 11.5 Å². The molecule has 0 radical (unpaired) electrons. The number of hydrogen-bond acceptors (Lipinski definition) is 15. The van der Waals surface area contributed by atoms with Crippen LogP contribution in [-0.4, -0.2) is 101 Å². The summed E-state index contributed by atoms with van der Waals surface area (Å²) in [6.07, 6.45) is -4.54. The quantitative estimate of drug-likeness (QED) is 0.0421. The molecule has 3 aliphatic heterocycles. The van der Waals surface area contributed by atoms with Gasteiger partial charge in [0.25, 0.3) is 11.9 Å². The van der Waals surface area contributed by atoms with Gasteiger partial charge in [0.05, 0.1) is 61.3 Å². The summed E-state index contributed by atoms with van der Waals surface area (Å²) in [5.74, 6) is 4.61. The fraction of sp³-hybridized carbons (Fsp3) is 0.361. The molecule has 2 amide bonds. The van der Waals surface area contributed by atoms with E-state index < -0.39 is 62.8 Å². The molecule has 5 aliphatic rings. The van der Waals surface area contributed by atoms with Crippen LogP contribution in [0.1, 0.15) is 160 Å². The number of hydrogen-bond donors (Lipinski definition) is 1. The second-order valence-corrected chi connectivity index (χ2v) is 38.8. The van der Waals surface area contributed by atoms with Gasteiger partial charge in [0.2, 0.25) is 11.8 Å². The lowest BCUT2D eigenvalue weighted by Gasteiger charge is -2.38. The van der Waals surface area contributed by atoms with Crippen molar-refractivity contribution in [2.45, 2.75) is 161 Å². The zero-order chi connectivity index (χ0) is 92.9. The number of amides is 2. The van der Waals surface area contributed by atoms with Crippen LogP contribution in [0.15, 0.2) is 223 Å². The minimum atomic E-state index is -4.98. The molecule has 8 aromatic carbocycles. The molecule has 7 heterocycles. The number of aromatic nitrogens is 10. The lowest BCUT2D eigenvalue weighted by molar-refractivity contribution is -0.144. The third kappa shape index (κ3) is 23.9. The number of nitrogens with zero attached hydrogens (tertiary/aromatic N) is 15. The van der Waals surface area contributed by atoms with Crippen LogP contribution in [-0.2, 0) is 80.0 Å². The van der Waals surface area contributed by atoms with Crippen LogP contribution in [0.25, 0.3) is 0 Å². The van der Waals surface area contributed by atoms with Crippen molar-refractivity contribution in [1.82, 2.24) is 55.7 Å². The summed E-state index contributed by atoms with van der Waals surface area (Å²) in [7, 11) is 1.38. The molecule has 1 N–H and O–H groups in total. The van der Waals surface area contributed by atoms with Crippen molar-refractivity contribution in [1.29, 1.82) is 0 Å². The highest BCUT2D eigenvalue weighted by molar-refractivity contribution is 9.10. The first kappa shape index (κ1) is 95.7. The average molecular weight is 1910 g/mol. The summed E-state index contributed by atoms with van der Waals surface area (Å²) in [6, 6.07) is 63.9. The Morgan fingerprint density at radius 2 is 0.855 bits per heavy atom. The molecule has 34 heteroatoms. The summed E-state index contributed by atoms with van der Waals surface area (Å²) in [5.41, 5.74) is -1.77. The van der Waals surface area contributed by atoms with Gasteiger partial charge in [0, 0.05) is 114 Å². The number of ether oxygens (including phenoxy) is 1. The lowest BCUT2D eigenvalue weighted by Crippen LogP contribution is -2.32. The Hall–Kier alpha value is -11.4. The predicted octanol–water partition coefficient (Wildman–Crippen LogP) is 20.2. The molecule has 131 heavy (non-hydrogen) atoms. The molecule has 2 aliphatic carbocycles. The number of nitrogens with one attached hydrogen (secondary N) is 1. The van der Waals surface area contributed by atoms with Gasteiger partial charge < -0.3 is 34.6 Å². The third-order valence-corrected chi connectivity index (χ3v) is 29.2. The standard InChI is InChI=1S/C39H32OP2.C29H34F6N8O.C25H28BrF6N7.C4H7NO/c1-39(2)33-25-15-27-35(41(29-17-7-3-8-18-29)30-19-9-4-10-20-30)37(33)40-38-34(39)26-16-28-36(38)42(31-21-11-5-12-22-31)32-23-13-6-14-24-32;1-3-41(16-19-7-4-5-8-19)26-21(13-24(15-36-26)43-10-6-9-25(43)44)18-42(27-37-39-40(2)38-27)17-20-11-22(28(30,31)32)14-23(12-20)29(33,34)35;1-3-38(13-16-6-4-5-7-16)22-18(10-21(26)12-33-22)15-39(23-34-36-37(2)35-23)14-17-8-19(24(27,28)29)11-20(9-17)25(30,31)32;6-4-2-1-3-5-4/h3-28H,1-2H3;11-15,19H,3-10,16-18H2,1-2H3;8-12,16H,3-7,13-15H2,1-2H3;1-3H2,(H,5,6). The summed E-state index contributed by atoms with van der Waals surface area (Å²) < 4.78 is 171. The second kappa shape index (κ2) is 42.0. The molecule has 4 aromatic heterocycles. The number of aryl methyl sites for hydroxylation is 2. The van der Waals surface area contributed by atoms with E-state index in [4.69, 9.17) is 9.72 Å². The maximum atomic E-state index is 13.7. The first-order valence-corrected chi connectivity index (χ1v) is 47.1. The molecular formula is C97H101BrF12N16O3P2. The molecule has 0 bridgehead atoms. The molecule has 4 fully saturated rings. The van der Waals surface area contributed by atoms with Crippen molar-refractivity contribution >= 4 is 105 Å². The number of benzene rings is 8. The van der Waals surface area contributed by atoms with Crippen LogP contribution in [0.3, 0.4) is 0 Å². The Morgan fingerprint density at radius 3 is 1.18 bits per heavy atom. The van der Waals surface area contributed by atoms with Gasteiger partial charge in [0.1, 0.15) is 23.1 Å². The van der Waals surface area contributed by atoms with Gasteiger partial charge in [-0.25, -0.2) is 9.97 Å². The Balaban J connectivity index is 0.000000153. The van der Waals surface area contributed by atoms with Crippen LogP contribution in [0.4, 0.5) is 81.9 Å². The van der Waals surface area contributed by atoms with Crippen molar-refractivity contribution in [2.24, 2.45) is 25.9 Å². The molecule has 12 aromatic rings. The number of halogens is 13. The second-order valence-electron chi connectivity index (χ2n) is 33.5. The highest BCUT2D eigenvalue weighted by atomic mass is 79.9. The van der Waals surface area contributed by atoms with Crippen LogP contribution >= 0.6 is 31.8 Å². The van der Waals surface area contributed by atoms with Crippen molar-refractivity contribution in [3.05, 3.63) is 279 Å². The molecule has 17 rings (SSSR count). The van der Waals surface area contributed by atoms with Crippen molar-refractivity contribution in [3.63, 3.8) is 0 Å². The summed E-state index contributed by atoms with van der Waals surface area (Å²) in [5, 5.41) is 34.6. The van der Waals surface area contributed by atoms with Gasteiger partial charge in [-0.05, 0) is 187 Å². The van der Waals surface area contributed by atoms with E-state index in [9.17, 15) is 62.3 Å². The SMILES string of the molecule is CC1(C)c2cccc(P(c3ccccc3)c3ccccc3)c2Oc2c(P(c3ccccc3)c3ccccc3)cccc21.CCN(CC1CCCC1)c1ncc(Br)cc1CN(Cc1cc(C(F)(F)F)cc(C(F)(F)F)c1)c1nnn(C)n1.CCN(CC1CCCC1)c1ncc(N2CCCC2=O)cc1CN(Cc1cc(C(F)(F)F)cc(C(F)(F)F)c1)c1nnn(C)n1.O=C1CCCN1. The zero-order valence-electron chi connectivity index (χ0n) is 73.2. The number of fused-ring (bicyclic) bond motifs is 2. The minimum Gasteiger partial charge on any atom is -0.455 e. The summed E-state index contributed by atoms with van der Waals surface area (Å²) in [6.45, 7) is 12.4. The number of para-hydroxylation sites is 2. The van der Waals surface area contributed by atoms with Gasteiger partial charge in [-0.2, -0.15) is 62.3 Å². The topological polar surface area (TPSA) is 185 Å². The molecular weight excluding hydrogens is 1810 g/mol. The highest BCUT2D eigenvalue weighted by Gasteiger charge is 2.43. The zero-order valence-corrected chi connectivity index (χ0v) is 76.6. The van der Waals surface area contributed by atoms with E-state index in [2.05, 4.69) is 238 Å². The van der Waals surface area contributed by atoms with Crippen molar-refractivity contribution < 1.29 is 67.0 Å².